The zero-order valence-corrected chi connectivity index (χ0v) is 10.9. The Labute approximate surface area is 113 Å². The topological polar surface area (TPSA) is 35.2 Å². The molecule has 0 saturated heterocycles. The molecule has 3 heteroatoms. The van der Waals surface area contributed by atoms with E-state index in [1.807, 2.05) is 37.3 Å². The van der Waals surface area contributed by atoms with Gasteiger partial charge in [-0.1, -0.05) is 37.3 Å². The van der Waals surface area contributed by atoms with Crippen molar-refractivity contribution in [1.82, 2.24) is 0 Å². The Balaban J connectivity index is 2.23. The molecule has 19 heavy (non-hydrogen) atoms. The van der Waals surface area contributed by atoms with E-state index in [0.717, 1.165) is 17.7 Å². The van der Waals surface area contributed by atoms with Gasteiger partial charge in [-0.2, -0.15) is 0 Å². The van der Waals surface area contributed by atoms with E-state index in [0.29, 0.717) is 0 Å². The number of ether oxygens (including phenoxy) is 1. The highest BCUT2D eigenvalue weighted by Gasteiger charge is 2.20. The van der Waals surface area contributed by atoms with Crippen molar-refractivity contribution in [3.05, 3.63) is 66.0 Å². The molecule has 0 aliphatic rings. The summed E-state index contributed by atoms with van der Waals surface area (Å²) in [7, 11) is 0. The van der Waals surface area contributed by atoms with Gasteiger partial charge in [0.25, 0.3) is 0 Å². The van der Waals surface area contributed by atoms with Gasteiger partial charge >= 0.3 is 0 Å². The summed E-state index contributed by atoms with van der Waals surface area (Å²) in [5, 5.41) is 0. The fourth-order valence-corrected chi connectivity index (χ4v) is 1.91. The largest absolute Gasteiger partial charge is 0.484 e. The standard InChI is InChI=1S/C16H18FNO/c1-2-15(18)16(12-8-10-13(17)11-9-12)19-14-6-4-3-5-7-14/h3-11,15-16H,2,18H2,1H3. The number of halogens is 1. The average molecular weight is 259 g/mol. The first-order chi connectivity index (χ1) is 9.20. The van der Waals surface area contributed by atoms with Crippen molar-refractivity contribution in [2.24, 2.45) is 5.73 Å². The summed E-state index contributed by atoms with van der Waals surface area (Å²) >= 11 is 0. The summed E-state index contributed by atoms with van der Waals surface area (Å²) in [6.45, 7) is 2.01. The molecule has 0 amide bonds. The Kier molecular flexibility index (Phi) is 4.53. The minimum atomic E-state index is -0.270. The molecular weight excluding hydrogens is 241 g/mol. The van der Waals surface area contributed by atoms with Gasteiger partial charge in [-0.15, -0.1) is 0 Å². The molecule has 2 nitrogen and oxygen atoms in total. The van der Waals surface area contributed by atoms with Gasteiger partial charge in [0.2, 0.25) is 0 Å². The molecule has 2 aromatic rings. The zero-order valence-electron chi connectivity index (χ0n) is 10.9. The third kappa shape index (κ3) is 3.55. The van der Waals surface area contributed by atoms with E-state index in [4.69, 9.17) is 10.5 Å². The quantitative estimate of drug-likeness (QED) is 0.889. The molecule has 0 heterocycles. The van der Waals surface area contributed by atoms with Crippen LogP contribution in [-0.2, 0) is 0 Å². The second-order valence-electron chi connectivity index (χ2n) is 4.48. The molecule has 100 valence electrons. The fourth-order valence-electron chi connectivity index (χ4n) is 1.91. The van der Waals surface area contributed by atoms with Crippen LogP contribution in [0.3, 0.4) is 0 Å². The third-order valence-corrected chi connectivity index (χ3v) is 3.07. The summed E-state index contributed by atoms with van der Waals surface area (Å²) in [6.07, 6.45) is 0.516. The lowest BCUT2D eigenvalue weighted by atomic mass is 10.0. The molecule has 0 spiro atoms. The van der Waals surface area contributed by atoms with Crippen molar-refractivity contribution in [3.63, 3.8) is 0 Å². The molecule has 0 saturated carbocycles. The van der Waals surface area contributed by atoms with Gasteiger partial charge in [-0.25, -0.2) is 4.39 Å². The first kappa shape index (κ1) is 13.6. The van der Waals surface area contributed by atoms with Crippen LogP contribution in [0.1, 0.15) is 25.0 Å². The van der Waals surface area contributed by atoms with Crippen molar-refractivity contribution in [2.75, 3.05) is 0 Å². The normalized spacial score (nSPS) is 13.8. The molecule has 2 N–H and O–H groups in total. The van der Waals surface area contributed by atoms with Crippen LogP contribution in [0, 0.1) is 5.82 Å². The monoisotopic (exact) mass is 259 g/mol. The molecule has 2 rings (SSSR count). The van der Waals surface area contributed by atoms with Crippen molar-refractivity contribution in [2.45, 2.75) is 25.5 Å². The molecule has 2 aromatic carbocycles. The third-order valence-electron chi connectivity index (χ3n) is 3.07. The summed E-state index contributed by atoms with van der Waals surface area (Å²) in [5.41, 5.74) is 7.00. The number of rotatable bonds is 5. The van der Waals surface area contributed by atoms with Crippen LogP contribution in [0.25, 0.3) is 0 Å². The Morgan fingerprint density at radius 3 is 2.26 bits per heavy atom. The Bertz CT molecular complexity index is 498. The van der Waals surface area contributed by atoms with Crippen molar-refractivity contribution < 1.29 is 9.13 Å². The second-order valence-corrected chi connectivity index (χ2v) is 4.48. The van der Waals surface area contributed by atoms with Gasteiger partial charge in [0, 0.05) is 6.04 Å². The highest BCUT2D eigenvalue weighted by atomic mass is 19.1. The lowest BCUT2D eigenvalue weighted by Crippen LogP contribution is -2.31. The van der Waals surface area contributed by atoms with Gasteiger partial charge in [0.05, 0.1) is 0 Å². The Hall–Kier alpha value is -1.87. The second kappa shape index (κ2) is 6.34. The van der Waals surface area contributed by atoms with Crippen LogP contribution in [0.5, 0.6) is 5.75 Å². The van der Waals surface area contributed by atoms with Gasteiger partial charge in [0.1, 0.15) is 17.7 Å². The number of hydrogen-bond acceptors (Lipinski definition) is 2. The van der Waals surface area contributed by atoms with E-state index >= 15 is 0 Å². The summed E-state index contributed by atoms with van der Waals surface area (Å²) in [6, 6.07) is 15.7. The number of nitrogens with two attached hydrogens (primary N) is 1. The zero-order chi connectivity index (χ0) is 13.7. The van der Waals surface area contributed by atoms with Crippen molar-refractivity contribution in [1.29, 1.82) is 0 Å². The van der Waals surface area contributed by atoms with Crippen LogP contribution in [0.2, 0.25) is 0 Å². The van der Waals surface area contributed by atoms with Crippen LogP contribution in [-0.4, -0.2) is 6.04 Å². The minimum Gasteiger partial charge on any atom is -0.484 e. The number of hydrogen-bond donors (Lipinski definition) is 1. The van der Waals surface area contributed by atoms with E-state index in [1.54, 1.807) is 12.1 Å². The Morgan fingerprint density at radius 2 is 1.68 bits per heavy atom. The minimum absolute atomic E-state index is 0.134. The predicted molar refractivity (Wildman–Crippen MR) is 74.5 cm³/mol. The van der Waals surface area contributed by atoms with E-state index in [1.165, 1.54) is 12.1 Å². The maximum absolute atomic E-state index is 13.0. The van der Waals surface area contributed by atoms with Crippen LogP contribution in [0.15, 0.2) is 54.6 Å². The maximum Gasteiger partial charge on any atom is 0.139 e. The first-order valence-corrected chi connectivity index (χ1v) is 6.43. The van der Waals surface area contributed by atoms with E-state index in [-0.39, 0.29) is 18.0 Å². The van der Waals surface area contributed by atoms with E-state index in [9.17, 15) is 4.39 Å². The van der Waals surface area contributed by atoms with Crippen LogP contribution in [0.4, 0.5) is 4.39 Å². The van der Waals surface area contributed by atoms with Gasteiger partial charge in [-0.3, -0.25) is 0 Å². The van der Waals surface area contributed by atoms with Gasteiger partial charge in [0.15, 0.2) is 0 Å². The predicted octanol–water partition coefficient (Wildman–Crippen LogP) is 3.68. The molecule has 0 aliphatic heterocycles. The molecule has 0 fully saturated rings. The van der Waals surface area contributed by atoms with Crippen molar-refractivity contribution in [3.8, 4) is 5.75 Å². The van der Waals surface area contributed by atoms with Gasteiger partial charge in [-0.05, 0) is 36.2 Å². The maximum atomic E-state index is 13.0. The number of benzene rings is 2. The van der Waals surface area contributed by atoms with E-state index < -0.39 is 0 Å². The first-order valence-electron chi connectivity index (χ1n) is 6.43. The highest BCUT2D eigenvalue weighted by Crippen LogP contribution is 2.25. The van der Waals surface area contributed by atoms with Crippen LogP contribution < -0.4 is 10.5 Å². The lowest BCUT2D eigenvalue weighted by molar-refractivity contribution is 0.171. The summed E-state index contributed by atoms with van der Waals surface area (Å²) < 4.78 is 18.9. The fraction of sp³-hybridized carbons (Fsp3) is 0.250. The molecule has 0 aromatic heterocycles. The number of para-hydroxylation sites is 1. The SMILES string of the molecule is CCC(N)C(Oc1ccccc1)c1ccc(F)cc1. The average Bonchev–Trinajstić information content (AvgIpc) is 2.46. The smallest absolute Gasteiger partial charge is 0.139 e. The Morgan fingerprint density at radius 1 is 1.05 bits per heavy atom. The molecule has 0 radical (unpaired) electrons. The molecular formula is C16H18FNO. The highest BCUT2D eigenvalue weighted by molar-refractivity contribution is 5.25. The van der Waals surface area contributed by atoms with Gasteiger partial charge < -0.3 is 10.5 Å². The van der Waals surface area contributed by atoms with E-state index in [2.05, 4.69) is 0 Å². The van der Waals surface area contributed by atoms with Crippen molar-refractivity contribution >= 4 is 0 Å². The molecule has 0 bridgehead atoms. The molecule has 2 unspecified atom stereocenters. The van der Waals surface area contributed by atoms with Crippen LogP contribution >= 0.6 is 0 Å². The molecule has 2 atom stereocenters. The summed E-state index contributed by atoms with van der Waals surface area (Å²) in [4.78, 5) is 0. The lowest BCUT2D eigenvalue weighted by Gasteiger charge is -2.24. The summed E-state index contributed by atoms with van der Waals surface area (Å²) in [5.74, 6) is 0.507. The molecule has 0 aliphatic carbocycles.